The van der Waals surface area contributed by atoms with E-state index in [4.69, 9.17) is 5.11 Å². The van der Waals surface area contributed by atoms with Crippen LogP contribution in [0.3, 0.4) is 0 Å². The van der Waals surface area contributed by atoms with E-state index in [2.05, 4.69) is 6.92 Å². The van der Waals surface area contributed by atoms with E-state index in [0.29, 0.717) is 6.61 Å². The Balaban J connectivity index is 2.19. The van der Waals surface area contributed by atoms with Crippen LogP contribution in [0.4, 0.5) is 0 Å². The first-order valence-corrected chi connectivity index (χ1v) is 2.02. The third-order valence-electron chi connectivity index (χ3n) is 0.512. The Kier molecular flexibility index (Phi) is 3.93. The molecule has 0 aromatic rings. The molecule has 0 spiro atoms. The average Bonchev–Trinajstić information content (AvgIpc) is 1.41. The predicted molar refractivity (Wildman–Crippen MR) is 22.0 cm³/mol. The van der Waals surface area contributed by atoms with Gasteiger partial charge in [0.15, 0.2) is 0 Å². The van der Waals surface area contributed by atoms with Gasteiger partial charge in [0.05, 0.1) is 0 Å². The summed E-state index contributed by atoms with van der Waals surface area (Å²) in [5.74, 6) is 0. The van der Waals surface area contributed by atoms with Crippen LogP contribution in [0.1, 0.15) is 19.8 Å². The summed E-state index contributed by atoms with van der Waals surface area (Å²) < 4.78 is 0. The normalized spacial score (nSPS) is 8.40. The zero-order valence-corrected chi connectivity index (χ0v) is 3.57. The van der Waals surface area contributed by atoms with Gasteiger partial charge in [0.25, 0.3) is 0 Å². The van der Waals surface area contributed by atoms with Crippen LogP contribution in [-0.4, -0.2) is 11.7 Å². The van der Waals surface area contributed by atoms with Crippen molar-refractivity contribution in [1.29, 1.82) is 0 Å². The molecule has 0 rings (SSSR count). The smallest absolute Gasteiger partial charge is 0.0430 e. The van der Waals surface area contributed by atoms with E-state index in [1.165, 1.54) is 0 Å². The van der Waals surface area contributed by atoms with Crippen LogP contribution >= 0.6 is 0 Å². The van der Waals surface area contributed by atoms with Crippen LogP contribution in [-0.2, 0) is 0 Å². The highest BCUT2D eigenvalue weighted by molar-refractivity contribution is 4.23. The molecule has 0 fully saturated rings. The van der Waals surface area contributed by atoms with E-state index < -0.39 is 0 Å². The first-order chi connectivity index (χ1) is 2.41. The number of aliphatic hydroxyl groups is 1. The third kappa shape index (κ3) is 3.96. The summed E-state index contributed by atoms with van der Waals surface area (Å²) in [6, 6.07) is 0. The van der Waals surface area contributed by atoms with Crippen LogP contribution in [0.2, 0.25) is 0 Å². The summed E-state index contributed by atoms with van der Waals surface area (Å²) in [5.41, 5.74) is 0. The van der Waals surface area contributed by atoms with E-state index >= 15 is 0 Å². The lowest BCUT2D eigenvalue weighted by molar-refractivity contribution is 0.287. The molecule has 1 heteroatoms. The van der Waals surface area contributed by atoms with Gasteiger partial charge >= 0.3 is 0 Å². The quantitative estimate of drug-likeness (QED) is 0.512. The van der Waals surface area contributed by atoms with Crippen molar-refractivity contribution in [2.45, 2.75) is 19.8 Å². The molecule has 0 heterocycles. The van der Waals surface area contributed by atoms with Crippen molar-refractivity contribution in [3.05, 3.63) is 0 Å². The fourth-order valence-electron chi connectivity index (χ4n) is 0.158. The zero-order valence-electron chi connectivity index (χ0n) is 3.57. The Morgan fingerprint density at radius 1 is 1.60 bits per heavy atom. The molecule has 0 radical (unpaired) electrons. The van der Waals surface area contributed by atoms with Crippen molar-refractivity contribution in [2.24, 2.45) is 0 Å². The van der Waals surface area contributed by atoms with Crippen molar-refractivity contribution in [3.8, 4) is 0 Å². The summed E-state index contributed by atoms with van der Waals surface area (Å²) in [5, 5.41) is 8.07. The largest absolute Gasteiger partial charge is 0.396 e. The fraction of sp³-hybridized carbons (Fsp3) is 1.00. The molecule has 0 atom stereocenters. The number of rotatable bonds is 2. The lowest BCUT2D eigenvalue weighted by Crippen LogP contribution is -1.75. The molecule has 0 aromatic heterocycles. The Bertz CT molecular complexity index is 11.1. The minimum Gasteiger partial charge on any atom is -0.396 e. The molecule has 0 aliphatic carbocycles. The molecule has 0 unspecified atom stereocenters. The molecular weight excluding hydrogens is 63.0 g/mol. The summed E-state index contributed by atoms with van der Waals surface area (Å²) in [4.78, 5) is 0. The zero-order chi connectivity index (χ0) is 4.12. The van der Waals surface area contributed by atoms with Gasteiger partial charge in [-0.15, -0.1) is 0 Å². The van der Waals surface area contributed by atoms with Gasteiger partial charge in [0, 0.05) is 6.61 Å². The van der Waals surface area contributed by atoms with E-state index in [0.717, 1.165) is 12.8 Å². The molecule has 0 aromatic carbocycles. The van der Waals surface area contributed by atoms with Gasteiger partial charge < -0.3 is 5.11 Å². The van der Waals surface area contributed by atoms with Gasteiger partial charge in [0.1, 0.15) is 0 Å². The summed E-state index contributed by atoms with van der Waals surface area (Å²) in [6.07, 6.45) is 2.04. The standard InChI is InChI=1S/C4H10O/c1-2-3-4-5/h5H,2-4H2,1H3/i4-1. The van der Waals surface area contributed by atoms with Crippen LogP contribution in [0, 0.1) is 0 Å². The molecule has 1 nitrogen and oxygen atoms in total. The first kappa shape index (κ1) is 4.96. The predicted octanol–water partition coefficient (Wildman–Crippen LogP) is 0.779. The fourth-order valence-corrected chi connectivity index (χ4v) is 0.158. The van der Waals surface area contributed by atoms with Gasteiger partial charge in [-0.1, -0.05) is 13.3 Å². The average molecular weight is 73.1 g/mol. The summed E-state index contributed by atoms with van der Waals surface area (Å²) in [6.45, 7) is 2.40. The molecular formula is C4H10O. The number of aliphatic hydroxyl groups excluding tert-OH is 1. The van der Waals surface area contributed by atoms with E-state index in [9.17, 15) is 0 Å². The second kappa shape index (κ2) is 3.96. The third-order valence-corrected chi connectivity index (χ3v) is 0.512. The minimum atomic E-state index is 0.344. The molecule has 32 valence electrons. The molecule has 0 aliphatic heterocycles. The number of unbranched alkanes of at least 4 members (excludes halogenated alkanes) is 1. The lowest BCUT2D eigenvalue weighted by atomic mass is 10.1. The topological polar surface area (TPSA) is 20.2 Å². The SMILES string of the molecule is CCC[11CH2]O. The van der Waals surface area contributed by atoms with Crippen LogP contribution < -0.4 is 0 Å². The second-order valence-corrected chi connectivity index (χ2v) is 1.08. The van der Waals surface area contributed by atoms with Crippen LogP contribution in [0.5, 0.6) is 0 Å². The molecule has 1 N–H and O–H groups in total. The highest BCUT2D eigenvalue weighted by Crippen LogP contribution is 1.78. The van der Waals surface area contributed by atoms with Crippen LogP contribution in [0.15, 0.2) is 0 Å². The van der Waals surface area contributed by atoms with Gasteiger partial charge in [-0.2, -0.15) is 0 Å². The van der Waals surface area contributed by atoms with E-state index in [1.807, 2.05) is 0 Å². The summed E-state index contributed by atoms with van der Waals surface area (Å²) >= 11 is 0. The maximum atomic E-state index is 8.07. The summed E-state index contributed by atoms with van der Waals surface area (Å²) in [7, 11) is 0. The molecule has 0 saturated carbocycles. The maximum absolute atomic E-state index is 8.07. The lowest BCUT2D eigenvalue weighted by Gasteiger charge is -1.79. The number of hydrogen-bond acceptors (Lipinski definition) is 1. The number of hydrogen-bond donors (Lipinski definition) is 1. The monoisotopic (exact) mass is 73.1 g/mol. The van der Waals surface area contributed by atoms with Gasteiger partial charge in [-0.05, 0) is 6.42 Å². The highest BCUT2D eigenvalue weighted by Gasteiger charge is 1.69. The van der Waals surface area contributed by atoms with Crippen LogP contribution in [0.25, 0.3) is 0 Å². The maximum Gasteiger partial charge on any atom is 0.0430 e. The Morgan fingerprint density at radius 3 is 2.20 bits per heavy atom. The molecule has 0 aliphatic rings. The highest BCUT2D eigenvalue weighted by atomic mass is 16.2. The van der Waals surface area contributed by atoms with Gasteiger partial charge in [0.2, 0.25) is 0 Å². The van der Waals surface area contributed by atoms with Crippen molar-refractivity contribution in [2.75, 3.05) is 6.61 Å². The van der Waals surface area contributed by atoms with Crippen molar-refractivity contribution in [1.82, 2.24) is 0 Å². The van der Waals surface area contributed by atoms with E-state index in [1.54, 1.807) is 0 Å². The van der Waals surface area contributed by atoms with Crippen molar-refractivity contribution >= 4 is 0 Å². The molecule has 0 amide bonds. The van der Waals surface area contributed by atoms with Crippen molar-refractivity contribution < 1.29 is 5.11 Å². The Morgan fingerprint density at radius 2 is 2.20 bits per heavy atom. The first-order valence-electron chi connectivity index (χ1n) is 2.02. The van der Waals surface area contributed by atoms with Gasteiger partial charge in [-0.3, -0.25) is 0 Å². The Labute approximate surface area is 32.6 Å². The minimum absolute atomic E-state index is 0.344. The molecule has 5 heavy (non-hydrogen) atoms. The second-order valence-electron chi connectivity index (χ2n) is 1.08. The van der Waals surface area contributed by atoms with Gasteiger partial charge in [-0.25, -0.2) is 0 Å². The molecule has 0 bridgehead atoms. The molecule has 0 saturated heterocycles. The Hall–Kier alpha value is -0.0400. The van der Waals surface area contributed by atoms with Crippen molar-refractivity contribution in [3.63, 3.8) is 0 Å². The van der Waals surface area contributed by atoms with E-state index in [-0.39, 0.29) is 0 Å².